The summed E-state index contributed by atoms with van der Waals surface area (Å²) < 4.78 is 5.98. The first-order valence-corrected chi connectivity index (χ1v) is 14.3. The molecule has 2 aliphatic rings. The minimum atomic E-state index is -0.265. The quantitative estimate of drug-likeness (QED) is 0.237. The van der Waals surface area contributed by atoms with Crippen molar-refractivity contribution in [3.05, 3.63) is 125 Å². The number of benzene rings is 4. The molecule has 214 valence electrons. The van der Waals surface area contributed by atoms with Crippen LogP contribution in [0.25, 0.3) is 5.57 Å². The van der Waals surface area contributed by atoms with Crippen LogP contribution in [0.2, 0.25) is 5.02 Å². The van der Waals surface area contributed by atoms with Gasteiger partial charge >= 0.3 is 0 Å². The maximum atomic E-state index is 12.5. The fourth-order valence-electron chi connectivity index (χ4n) is 5.13. The topological polar surface area (TPSA) is 53.1 Å². The Morgan fingerprint density at radius 2 is 1.52 bits per heavy atom. The van der Waals surface area contributed by atoms with Gasteiger partial charge in [-0.15, -0.1) is 0 Å². The van der Waals surface area contributed by atoms with Crippen molar-refractivity contribution in [3.63, 3.8) is 0 Å². The predicted octanol–water partition coefficient (Wildman–Crippen LogP) is 7.33. The number of hydrogen-bond donors (Lipinski definition) is 0. The molecule has 0 radical (unpaired) electrons. The van der Waals surface area contributed by atoms with Crippen molar-refractivity contribution < 1.29 is 14.3 Å². The number of nitrogens with zero attached hydrogens (tertiary/aromatic N) is 3. The fourth-order valence-corrected chi connectivity index (χ4v) is 5.29. The van der Waals surface area contributed by atoms with Crippen molar-refractivity contribution in [2.75, 3.05) is 37.5 Å². The van der Waals surface area contributed by atoms with Gasteiger partial charge < -0.3 is 14.5 Å². The van der Waals surface area contributed by atoms with E-state index in [9.17, 15) is 9.59 Å². The molecule has 0 spiro atoms. The molecule has 0 saturated heterocycles. The van der Waals surface area contributed by atoms with Crippen LogP contribution in [0.5, 0.6) is 5.75 Å². The van der Waals surface area contributed by atoms with E-state index in [2.05, 4.69) is 67.5 Å². The van der Waals surface area contributed by atoms with Gasteiger partial charge in [0.25, 0.3) is 0 Å². The number of para-hydroxylation sites is 2. The van der Waals surface area contributed by atoms with E-state index in [1.54, 1.807) is 30.1 Å². The number of carbonyl (C=O) groups is 2. The van der Waals surface area contributed by atoms with Gasteiger partial charge in [0.2, 0.25) is 11.8 Å². The summed E-state index contributed by atoms with van der Waals surface area (Å²) in [6, 6.07) is 31.3. The second kappa shape index (κ2) is 13.1. The molecule has 7 heteroatoms. The van der Waals surface area contributed by atoms with Crippen molar-refractivity contribution >= 4 is 46.1 Å². The number of amides is 2. The summed E-state index contributed by atoms with van der Waals surface area (Å²) in [5, 5.41) is 0.519. The molecule has 2 heterocycles. The molecule has 4 aromatic rings. The van der Waals surface area contributed by atoms with Crippen LogP contribution in [-0.4, -0.2) is 44.4 Å². The molecular weight excluding hydrogens is 546 g/mol. The molecule has 0 aliphatic carbocycles. The zero-order chi connectivity index (χ0) is 29.6. The van der Waals surface area contributed by atoms with Gasteiger partial charge in [0.15, 0.2) is 0 Å². The van der Waals surface area contributed by atoms with Crippen molar-refractivity contribution in [1.82, 2.24) is 4.90 Å². The first-order valence-electron chi connectivity index (χ1n) is 13.9. The minimum absolute atomic E-state index is 0.169. The SMILES string of the molecule is CN(C)CCC=C1c2ccccc2COc2ccccc21.CN1C(=O)CC(=O)N(c2ccccc2)c2cc(Cl)ccc21. The lowest BCUT2D eigenvalue weighted by molar-refractivity contribution is -0.125. The second-order valence-electron chi connectivity index (χ2n) is 10.5. The Labute approximate surface area is 252 Å². The Bertz CT molecular complexity index is 1570. The van der Waals surface area contributed by atoms with Crippen LogP contribution < -0.4 is 14.5 Å². The van der Waals surface area contributed by atoms with Gasteiger partial charge in [-0.3, -0.25) is 14.5 Å². The molecule has 4 aromatic carbocycles. The number of halogens is 1. The summed E-state index contributed by atoms with van der Waals surface area (Å²) in [4.78, 5) is 29.8. The molecule has 2 amide bonds. The molecule has 0 atom stereocenters. The lowest BCUT2D eigenvalue weighted by Gasteiger charge is -2.24. The van der Waals surface area contributed by atoms with Crippen LogP contribution in [-0.2, 0) is 16.2 Å². The average Bonchev–Trinajstić information content (AvgIpc) is 3.20. The number of ether oxygens (including phenoxy) is 1. The molecule has 6 rings (SSSR count). The fraction of sp³-hybridized carbons (Fsp3) is 0.200. The van der Waals surface area contributed by atoms with Crippen LogP contribution in [0.15, 0.2) is 103 Å². The van der Waals surface area contributed by atoms with Crippen LogP contribution in [0.1, 0.15) is 29.5 Å². The van der Waals surface area contributed by atoms with Gasteiger partial charge in [0, 0.05) is 29.9 Å². The standard InChI is InChI=1S/C19H21NO.C16H13ClN2O2/c1-20(2)13-7-11-17-16-9-4-3-8-15(16)14-21-19-12-6-5-10-18(17)19;1-18-13-8-7-11(17)9-14(13)19(16(21)10-15(18)20)12-5-3-2-4-6-12/h3-6,8-12H,7,13-14H2,1-2H3;2-9H,10H2,1H3. The van der Waals surface area contributed by atoms with Gasteiger partial charge in [-0.05, 0) is 73.6 Å². The first kappa shape index (κ1) is 29.1. The summed E-state index contributed by atoms with van der Waals surface area (Å²) >= 11 is 6.07. The van der Waals surface area contributed by atoms with E-state index in [1.807, 2.05) is 36.4 Å². The molecular formula is C35H34ClN3O3. The number of carbonyl (C=O) groups excluding carboxylic acids is 2. The van der Waals surface area contributed by atoms with Crippen molar-refractivity contribution in [2.24, 2.45) is 0 Å². The molecule has 0 fully saturated rings. The zero-order valence-electron chi connectivity index (χ0n) is 24.1. The third-order valence-corrected chi connectivity index (χ3v) is 7.51. The van der Waals surface area contributed by atoms with Crippen molar-refractivity contribution in [3.8, 4) is 5.75 Å². The number of anilines is 3. The van der Waals surface area contributed by atoms with Crippen molar-refractivity contribution in [2.45, 2.75) is 19.4 Å². The van der Waals surface area contributed by atoms with E-state index < -0.39 is 0 Å². The summed E-state index contributed by atoms with van der Waals surface area (Å²) in [5.41, 5.74) is 7.04. The molecule has 0 bridgehead atoms. The van der Waals surface area contributed by atoms with Crippen LogP contribution in [0.3, 0.4) is 0 Å². The van der Waals surface area contributed by atoms with Gasteiger partial charge in [-0.1, -0.05) is 78.3 Å². The molecule has 0 unspecified atom stereocenters. The first-order chi connectivity index (χ1) is 20.3. The van der Waals surface area contributed by atoms with E-state index >= 15 is 0 Å². The highest BCUT2D eigenvalue weighted by Gasteiger charge is 2.30. The average molecular weight is 580 g/mol. The highest BCUT2D eigenvalue weighted by Crippen LogP contribution is 2.39. The Morgan fingerprint density at radius 3 is 2.29 bits per heavy atom. The van der Waals surface area contributed by atoms with Crippen LogP contribution >= 0.6 is 11.6 Å². The van der Waals surface area contributed by atoms with E-state index in [0.717, 1.165) is 18.7 Å². The highest BCUT2D eigenvalue weighted by molar-refractivity contribution is 6.31. The monoisotopic (exact) mass is 579 g/mol. The Balaban J connectivity index is 0.000000168. The van der Waals surface area contributed by atoms with Gasteiger partial charge in [0.05, 0.1) is 11.4 Å². The lowest BCUT2D eigenvalue weighted by atomic mass is 9.93. The minimum Gasteiger partial charge on any atom is -0.488 e. The smallest absolute Gasteiger partial charge is 0.241 e. The van der Waals surface area contributed by atoms with Crippen molar-refractivity contribution in [1.29, 1.82) is 0 Å². The predicted molar refractivity (Wildman–Crippen MR) is 171 cm³/mol. The van der Waals surface area contributed by atoms with E-state index in [0.29, 0.717) is 28.7 Å². The lowest BCUT2D eigenvalue weighted by Crippen LogP contribution is -2.28. The largest absolute Gasteiger partial charge is 0.488 e. The second-order valence-corrected chi connectivity index (χ2v) is 10.9. The Hall–Kier alpha value is -4.39. The van der Waals surface area contributed by atoms with Crippen LogP contribution in [0, 0.1) is 0 Å². The summed E-state index contributed by atoms with van der Waals surface area (Å²) in [6.07, 6.45) is 3.20. The molecule has 0 N–H and O–H groups in total. The maximum absolute atomic E-state index is 12.5. The van der Waals surface area contributed by atoms with Crippen LogP contribution in [0.4, 0.5) is 17.1 Å². The summed E-state index contributed by atoms with van der Waals surface area (Å²) in [6.45, 7) is 1.69. The number of rotatable bonds is 4. The zero-order valence-corrected chi connectivity index (χ0v) is 24.8. The maximum Gasteiger partial charge on any atom is 0.241 e. The normalized spacial score (nSPS) is 15.1. The van der Waals surface area contributed by atoms with E-state index in [1.165, 1.54) is 27.2 Å². The summed E-state index contributed by atoms with van der Waals surface area (Å²) in [7, 11) is 5.88. The molecule has 0 aromatic heterocycles. The van der Waals surface area contributed by atoms with E-state index in [4.69, 9.17) is 16.3 Å². The third kappa shape index (κ3) is 6.40. The third-order valence-electron chi connectivity index (χ3n) is 7.27. The Morgan fingerprint density at radius 1 is 0.833 bits per heavy atom. The summed E-state index contributed by atoms with van der Waals surface area (Å²) in [5.74, 6) is 0.478. The van der Waals surface area contributed by atoms with E-state index in [-0.39, 0.29) is 18.2 Å². The molecule has 42 heavy (non-hydrogen) atoms. The molecule has 0 saturated carbocycles. The molecule has 6 nitrogen and oxygen atoms in total. The van der Waals surface area contributed by atoms with Gasteiger partial charge in [0.1, 0.15) is 18.8 Å². The number of hydrogen-bond acceptors (Lipinski definition) is 4. The Kier molecular flexibility index (Phi) is 9.06. The molecule has 2 aliphatic heterocycles. The van der Waals surface area contributed by atoms with Gasteiger partial charge in [-0.2, -0.15) is 0 Å². The number of fused-ring (bicyclic) bond motifs is 3. The highest BCUT2D eigenvalue weighted by atomic mass is 35.5. The van der Waals surface area contributed by atoms with Gasteiger partial charge in [-0.25, -0.2) is 0 Å².